The zero-order valence-electron chi connectivity index (χ0n) is 12.6. The molecule has 3 heteroatoms. The molecule has 21 heavy (non-hydrogen) atoms. The number of hydrogen-bond acceptors (Lipinski definition) is 2. The van der Waals surface area contributed by atoms with Gasteiger partial charge in [-0.3, -0.25) is 4.79 Å². The first-order chi connectivity index (χ1) is 10.3. The number of carbonyl (C=O) groups excluding carboxylic acids is 1. The zero-order chi connectivity index (χ0) is 14.7. The lowest BCUT2D eigenvalue weighted by Crippen LogP contribution is -2.54. The van der Waals surface area contributed by atoms with Crippen LogP contribution in [0.1, 0.15) is 50.5 Å². The molecule has 0 unspecified atom stereocenters. The van der Waals surface area contributed by atoms with E-state index in [1.54, 1.807) is 0 Å². The van der Waals surface area contributed by atoms with Gasteiger partial charge in [0.1, 0.15) is 0 Å². The molecular weight excluding hydrogens is 262 g/mol. The zero-order valence-corrected chi connectivity index (χ0v) is 12.6. The van der Waals surface area contributed by atoms with E-state index in [2.05, 4.69) is 12.1 Å². The molecule has 2 aliphatic carbocycles. The summed E-state index contributed by atoms with van der Waals surface area (Å²) in [5.74, 6) is 0.251. The SMILES string of the molecule is O=C(N(CCO)C1CCCC1)C1(c2ccccc2)CCC1. The summed E-state index contributed by atoms with van der Waals surface area (Å²) in [4.78, 5) is 15.2. The maximum atomic E-state index is 13.2. The van der Waals surface area contributed by atoms with E-state index in [0.717, 1.165) is 37.7 Å². The normalized spacial score (nSPS) is 21.0. The molecule has 0 aromatic heterocycles. The second-order valence-electron chi connectivity index (χ2n) is 6.46. The standard InChI is InChI=1S/C18H25NO2/c20-14-13-19(16-9-4-5-10-16)17(21)18(11-6-12-18)15-7-2-1-3-8-15/h1-3,7-8,16,20H,4-6,9-14H2. The summed E-state index contributed by atoms with van der Waals surface area (Å²) in [6, 6.07) is 10.6. The molecule has 0 aliphatic heterocycles. The van der Waals surface area contributed by atoms with Crippen molar-refractivity contribution in [3.8, 4) is 0 Å². The Morgan fingerprint density at radius 2 is 1.81 bits per heavy atom. The van der Waals surface area contributed by atoms with Gasteiger partial charge in [0.2, 0.25) is 5.91 Å². The number of aliphatic hydroxyl groups excluding tert-OH is 1. The van der Waals surface area contributed by atoms with Gasteiger partial charge in [-0.05, 0) is 31.2 Å². The van der Waals surface area contributed by atoms with E-state index in [-0.39, 0.29) is 17.9 Å². The van der Waals surface area contributed by atoms with Crippen molar-refractivity contribution in [2.45, 2.75) is 56.4 Å². The topological polar surface area (TPSA) is 40.5 Å². The van der Waals surface area contributed by atoms with Crippen LogP contribution in [0.3, 0.4) is 0 Å². The van der Waals surface area contributed by atoms with Crippen LogP contribution in [0.2, 0.25) is 0 Å². The smallest absolute Gasteiger partial charge is 0.233 e. The first-order valence-electron chi connectivity index (χ1n) is 8.25. The molecule has 2 saturated carbocycles. The Labute approximate surface area is 127 Å². The molecule has 3 rings (SSSR count). The Bertz CT molecular complexity index is 475. The molecule has 1 amide bonds. The molecule has 1 aromatic rings. The molecule has 3 nitrogen and oxygen atoms in total. The molecule has 2 fully saturated rings. The van der Waals surface area contributed by atoms with E-state index >= 15 is 0 Å². The van der Waals surface area contributed by atoms with Crippen LogP contribution in [-0.2, 0) is 10.2 Å². The molecule has 0 saturated heterocycles. The van der Waals surface area contributed by atoms with Gasteiger partial charge in [-0.2, -0.15) is 0 Å². The molecule has 0 radical (unpaired) electrons. The number of aliphatic hydroxyl groups is 1. The van der Waals surface area contributed by atoms with Gasteiger partial charge in [-0.1, -0.05) is 49.6 Å². The Kier molecular flexibility index (Phi) is 4.29. The van der Waals surface area contributed by atoms with Gasteiger partial charge in [0.25, 0.3) is 0 Å². The third-order valence-electron chi connectivity index (χ3n) is 5.31. The van der Waals surface area contributed by atoms with Gasteiger partial charge in [0, 0.05) is 12.6 Å². The molecular formula is C18H25NO2. The van der Waals surface area contributed by atoms with Crippen molar-refractivity contribution in [2.75, 3.05) is 13.2 Å². The molecule has 0 bridgehead atoms. The van der Waals surface area contributed by atoms with Gasteiger partial charge in [-0.15, -0.1) is 0 Å². The van der Waals surface area contributed by atoms with Gasteiger partial charge in [0.15, 0.2) is 0 Å². The minimum absolute atomic E-state index is 0.0626. The predicted octanol–water partition coefficient (Wildman–Crippen LogP) is 2.87. The highest BCUT2D eigenvalue weighted by Crippen LogP contribution is 2.46. The van der Waals surface area contributed by atoms with Crippen LogP contribution in [0, 0.1) is 0 Å². The van der Waals surface area contributed by atoms with Crippen molar-refractivity contribution in [2.24, 2.45) is 0 Å². The summed E-state index contributed by atoms with van der Waals surface area (Å²) in [6.45, 7) is 0.547. The number of rotatable bonds is 5. The lowest BCUT2D eigenvalue weighted by Gasteiger charge is -2.45. The van der Waals surface area contributed by atoms with Crippen LogP contribution < -0.4 is 0 Å². The molecule has 0 heterocycles. The van der Waals surface area contributed by atoms with Gasteiger partial charge in [0.05, 0.1) is 12.0 Å². The minimum atomic E-state index is -0.320. The number of amides is 1. The van der Waals surface area contributed by atoms with Crippen molar-refractivity contribution in [3.63, 3.8) is 0 Å². The predicted molar refractivity (Wildman–Crippen MR) is 83.0 cm³/mol. The monoisotopic (exact) mass is 287 g/mol. The molecule has 1 aromatic carbocycles. The van der Waals surface area contributed by atoms with Crippen LogP contribution in [0.15, 0.2) is 30.3 Å². The average molecular weight is 287 g/mol. The van der Waals surface area contributed by atoms with Crippen LogP contribution in [0.5, 0.6) is 0 Å². The second-order valence-corrected chi connectivity index (χ2v) is 6.46. The van der Waals surface area contributed by atoms with Gasteiger partial charge < -0.3 is 10.0 Å². The summed E-state index contributed by atoms with van der Waals surface area (Å²) >= 11 is 0. The fourth-order valence-electron chi connectivity index (χ4n) is 3.96. The van der Waals surface area contributed by atoms with Crippen LogP contribution in [0.25, 0.3) is 0 Å². The van der Waals surface area contributed by atoms with Crippen molar-refractivity contribution < 1.29 is 9.90 Å². The second kappa shape index (κ2) is 6.18. The van der Waals surface area contributed by atoms with E-state index in [4.69, 9.17) is 0 Å². The van der Waals surface area contributed by atoms with E-state index in [0.29, 0.717) is 12.6 Å². The average Bonchev–Trinajstić information content (AvgIpc) is 2.98. The highest BCUT2D eigenvalue weighted by atomic mass is 16.3. The van der Waals surface area contributed by atoms with Gasteiger partial charge >= 0.3 is 0 Å². The summed E-state index contributed by atoms with van der Waals surface area (Å²) in [6.07, 6.45) is 7.62. The van der Waals surface area contributed by atoms with Gasteiger partial charge in [-0.25, -0.2) is 0 Å². The minimum Gasteiger partial charge on any atom is -0.395 e. The van der Waals surface area contributed by atoms with E-state index < -0.39 is 0 Å². The Hall–Kier alpha value is -1.35. The van der Waals surface area contributed by atoms with Crippen LogP contribution in [0.4, 0.5) is 0 Å². The van der Waals surface area contributed by atoms with Crippen molar-refractivity contribution >= 4 is 5.91 Å². The number of nitrogens with zero attached hydrogens (tertiary/aromatic N) is 1. The Balaban J connectivity index is 1.86. The van der Waals surface area contributed by atoms with Crippen LogP contribution in [-0.4, -0.2) is 35.1 Å². The van der Waals surface area contributed by atoms with Crippen molar-refractivity contribution in [1.29, 1.82) is 0 Å². The van der Waals surface area contributed by atoms with Crippen molar-refractivity contribution in [1.82, 2.24) is 4.90 Å². The maximum Gasteiger partial charge on any atom is 0.233 e. The van der Waals surface area contributed by atoms with E-state index in [9.17, 15) is 9.90 Å². The third-order valence-corrected chi connectivity index (χ3v) is 5.31. The highest BCUT2D eigenvalue weighted by molar-refractivity contribution is 5.89. The lowest BCUT2D eigenvalue weighted by molar-refractivity contribution is -0.144. The summed E-state index contributed by atoms with van der Waals surface area (Å²) in [7, 11) is 0. The third kappa shape index (κ3) is 2.59. The number of carbonyl (C=O) groups is 1. The Morgan fingerprint density at radius 1 is 1.14 bits per heavy atom. The largest absolute Gasteiger partial charge is 0.395 e. The molecule has 1 N–H and O–H groups in total. The summed E-state index contributed by atoms with van der Waals surface area (Å²) in [5, 5.41) is 9.38. The molecule has 114 valence electrons. The number of benzene rings is 1. The Morgan fingerprint density at radius 3 is 2.33 bits per heavy atom. The lowest BCUT2D eigenvalue weighted by atomic mass is 9.63. The molecule has 0 spiro atoms. The highest BCUT2D eigenvalue weighted by Gasteiger charge is 2.48. The number of hydrogen-bond donors (Lipinski definition) is 1. The fraction of sp³-hybridized carbons (Fsp3) is 0.611. The molecule has 0 atom stereocenters. The van der Waals surface area contributed by atoms with E-state index in [1.165, 1.54) is 12.8 Å². The summed E-state index contributed by atoms with van der Waals surface area (Å²) < 4.78 is 0. The molecule has 2 aliphatic rings. The van der Waals surface area contributed by atoms with Crippen molar-refractivity contribution in [3.05, 3.63) is 35.9 Å². The quantitative estimate of drug-likeness (QED) is 0.904. The first kappa shape index (κ1) is 14.6. The van der Waals surface area contributed by atoms with E-state index in [1.807, 2.05) is 23.1 Å². The summed E-state index contributed by atoms with van der Waals surface area (Å²) in [5.41, 5.74) is 0.834. The van der Waals surface area contributed by atoms with Crippen LogP contribution >= 0.6 is 0 Å². The fourth-order valence-corrected chi connectivity index (χ4v) is 3.96. The first-order valence-corrected chi connectivity index (χ1v) is 8.25. The maximum absolute atomic E-state index is 13.2.